The molecule has 140 valence electrons. The summed E-state index contributed by atoms with van der Waals surface area (Å²) in [5, 5.41) is 2.78. The van der Waals surface area contributed by atoms with Gasteiger partial charge in [-0.2, -0.15) is 0 Å². The van der Waals surface area contributed by atoms with Crippen molar-refractivity contribution < 1.29 is 38.1 Å². The van der Waals surface area contributed by atoms with E-state index in [-0.39, 0.29) is 5.70 Å². The smallest absolute Gasteiger partial charge is 0.355 e. The van der Waals surface area contributed by atoms with Crippen LogP contribution in [-0.2, 0) is 38.1 Å². The summed E-state index contributed by atoms with van der Waals surface area (Å²) < 4.78 is 18.4. The van der Waals surface area contributed by atoms with Gasteiger partial charge in [0.15, 0.2) is 0 Å². The Hall–Kier alpha value is -2.84. The Kier molecular flexibility index (Phi) is 8.38. The third-order valence-corrected chi connectivity index (χ3v) is 2.67. The van der Waals surface area contributed by atoms with Gasteiger partial charge in [0.2, 0.25) is 0 Å². The molecule has 0 radical (unpaired) electrons. The molecule has 25 heavy (non-hydrogen) atoms. The molecule has 0 amide bonds. The van der Waals surface area contributed by atoms with E-state index in [9.17, 15) is 19.2 Å². The molecular formula is C16H23NO8. The minimum absolute atomic E-state index is 0.359. The van der Waals surface area contributed by atoms with E-state index in [0.29, 0.717) is 0 Å². The van der Waals surface area contributed by atoms with Gasteiger partial charge in [-0.1, -0.05) is 0 Å². The minimum atomic E-state index is -1.04. The van der Waals surface area contributed by atoms with Gasteiger partial charge in [0.25, 0.3) is 0 Å². The van der Waals surface area contributed by atoms with Crippen LogP contribution in [-0.4, -0.2) is 57.9 Å². The number of carbonyl (C=O) groups is 4. The van der Waals surface area contributed by atoms with Crippen LogP contribution in [0.3, 0.4) is 0 Å². The number of esters is 4. The Morgan fingerprint density at radius 3 is 1.60 bits per heavy atom. The van der Waals surface area contributed by atoms with E-state index in [2.05, 4.69) is 24.3 Å². The normalized spacial score (nSPS) is 12.5. The third-order valence-electron chi connectivity index (χ3n) is 2.67. The van der Waals surface area contributed by atoms with Gasteiger partial charge in [0, 0.05) is 11.6 Å². The summed E-state index contributed by atoms with van der Waals surface area (Å²) in [5.74, 6) is -3.95. The zero-order valence-electron chi connectivity index (χ0n) is 15.3. The van der Waals surface area contributed by atoms with Crippen molar-refractivity contribution >= 4 is 23.9 Å². The SMILES string of the molecule is COC(=O)/C=C(C(=O)OC)/C(C(=O)OC)=C(\NC(C)(C)C)C(=O)OC. The standard InChI is InChI=1S/C16H23NO8/c1-16(2,3)17-12(15(21)25-7)11(14(20)24-6)9(13(19)23-5)8-10(18)22-4/h8,17H,1-7H3/b9-8-,12-11+. The second-order valence-electron chi connectivity index (χ2n) is 5.68. The molecule has 0 spiro atoms. The summed E-state index contributed by atoms with van der Waals surface area (Å²) in [4.78, 5) is 48.1. The summed E-state index contributed by atoms with van der Waals surface area (Å²) >= 11 is 0. The Morgan fingerprint density at radius 2 is 1.24 bits per heavy atom. The van der Waals surface area contributed by atoms with Gasteiger partial charge in [-0.3, -0.25) is 0 Å². The summed E-state index contributed by atoms with van der Waals surface area (Å²) in [6.45, 7) is 5.14. The number of methoxy groups -OCH3 is 4. The lowest BCUT2D eigenvalue weighted by molar-refractivity contribution is -0.141. The molecule has 0 saturated carbocycles. The van der Waals surface area contributed by atoms with Crippen molar-refractivity contribution in [3.05, 3.63) is 22.9 Å². The first-order valence-corrected chi connectivity index (χ1v) is 7.09. The summed E-state index contributed by atoms with van der Waals surface area (Å²) in [5.41, 5.74) is -2.07. The molecule has 1 N–H and O–H groups in total. The Morgan fingerprint density at radius 1 is 0.760 bits per heavy atom. The molecule has 9 nitrogen and oxygen atoms in total. The molecule has 0 bridgehead atoms. The van der Waals surface area contributed by atoms with Crippen molar-refractivity contribution in [1.82, 2.24) is 5.32 Å². The molecule has 0 saturated heterocycles. The quantitative estimate of drug-likeness (QED) is 0.309. The molecule has 0 heterocycles. The molecule has 0 aliphatic heterocycles. The van der Waals surface area contributed by atoms with E-state index in [4.69, 9.17) is 0 Å². The van der Waals surface area contributed by atoms with Crippen LogP contribution in [0.4, 0.5) is 0 Å². The van der Waals surface area contributed by atoms with E-state index in [1.165, 1.54) is 0 Å². The van der Waals surface area contributed by atoms with Crippen molar-refractivity contribution in [3.63, 3.8) is 0 Å². The molecule has 0 atom stereocenters. The zero-order valence-corrected chi connectivity index (χ0v) is 15.3. The first-order valence-electron chi connectivity index (χ1n) is 7.09. The lowest BCUT2D eigenvalue weighted by Gasteiger charge is -2.25. The Balaban J connectivity index is 6.79. The highest BCUT2D eigenvalue weighted by Gasteiger charge is 2.32. The molecule has 9 heteroatoms. The molecule has 0 aromatic heterocycles. The van der Waals surface area contributed by atoms with E-state index in [0.717, 1.165) is 34.5 Å². The molecular weight excluding hydrogens is 334 g/mol. The maximum atomic E-state index is 12.3. The third kappa shape index (κ3) is 6.66. The molecule has 0 unspecified atom stereocenters. The topological polar surface area (TPSA) is 117 Å². The minimum Gasteiger partial charge on any atom is -0.466 e. The highest BCUT2D eigenvalue weighted by Crippen LogP contribution is 2.20. The van der Waals surface area contributed by atoms with Crippen molar-refractivity contribution in [2.45, 2.75) is 26.3 Å². The van der Waals surface area contributed by atoms with Crippen molar-refractivity contribution in [2.24, 2.45) is 0 Å². The fraction of sp³-hybridized carbons (Fsp3) is 0.500. The molecule has 0 aromatic rings. The summed E-state index contributed by atoms with van der Waals surface area (Å²) in [7, 11) is 4.30. The van der Waals surface area contributed by atoms with E-state index in [1.54, 1.807) is 20.8 Å². The van der Waals surface area contributed by atoms with Crippen molar-refractivity contribution in [2.75, 3.05) is 28.4 Å². The van der Waals surface area contributed by atoms with Gasteiger partial charge in [-0.25, -0.2) is 19.2 Å². The maximum Gasteiger partial charge on any atom is 0.355 e. The fourth-order valence-electron chi connectivity index (χ4n) is 1.66. The van der Waals surface area contributed by atoms with Crippen molar-refractivity contribution in [1.29, 1.82) is 0 Å². The second-order valence-corrected chi connectivity index (χ2v) is 5.68. The predicted molar refractivity (Wildman–Crippen MR) is 86.1 cm³/mol. The highest BCUT2D eigenvalue weighted by atomic mass is 16.5. The molecule has 0 aliphatic rings. The maximum absolute atomic E-state index is 12.3. The predicted octanol–water partition coefficient (Wildman–Crippen LogP) is 0.247. The molecule has 0 aliphatic carbocycles. The van der Waals surface area contributed by atoms with Gasteiger partial charge in [0.05, 0.1) is 34.0 Å². The number of ether oxygens (including phenoxy) is 4. The van der Waals surface area contributed by atoms with Gasteiger partial charge in [-0.05, 0) is 20.8 Å². The lowest BCUT2D eigenvalue weighted by atomic mass is 10.0. The van der Waals surface area contributed by atoms with Crippen LogP contribution >= 0.6 is 0 Å². The Bertz CT molecular complexity index is 610. The first-order chi connectivity index (χ1) is 11.5. The second kappa shape index (κ2) is 9.45. The number of hydrogen-bond donors (Lipinski definition) is 1. The van der Waals surface area contributed by atoms with Crippen LogP contribution in [0.5, 0.6) is 0 Å². The van der Waals surface area contributed by atoms with Crippen molar-refractivity contribution in [3.8, 4) is 0 Å². The molecule has 0 aromatic carbocycles. The average molecular weight is 357 g/mol. The lowest BCUT2D eigenvalue weighted by Crippen LogP contribution is -2.40. The van der Waals surface area contributed by atoms with E-state index < -0.39 is 40.6 Å². The van der Waals surface area contributed by atoms with Crippen LogP contribution in [0.25, 0.3) is 0 Å². The summed E-state index contributed by atoms with van der Waals surface area (Å²) in [6, 6.07) is 0. The zero-order chi connectivity index (χ0) is 19.8. The van der Waals surface area contributed by atoms with Crippen LogP contribution < -0.4 is 5.32 Å². The van der Waals surface area contributed by atoms with E-state index >= 15 is 0 Å². The van der Waals surface area contributed by atoms with Crippen LogP contribution in [0.15, 0.2) is 22.9 Å². The first kappa shape index (κ1) is 22.2. The average Bonchev–Trinajstić information content (AvgIpc) is 2.56. The largest absolute Gasteiger partial charge is 0.466 e. The molecule has 0 rings (SSSR count). The number of rotatable bonds is 6. The van der Waals surface area contributed by atoms with Gasteiger partial charge < -0.3 is 24.3 Å². The van der Waals surface area contributed by atoms with Crippen LogP contribution in [0.1, 0.15) is 20.8 Å². The van der Waals surface area contributed by atoms with E-state index in [1.807, 2.05) is 0 Å². The van der Waals surface area contributed by atoms with Gasteiger partial charge in [-0.15, -0.1) is 0 Å². The van der Waals surface area contributed by atoms with Crippen LogP contribution in [0.2, 0.25) is 0 Å². The number of nitrogens with one attached hydrogen (secondary N) is 1. The molecule has 0 fully saturated rings. The number of carbonyl (C=O) groups excluding carboxylic acids is 4. The van der Waals surface area contributed by atoms with Crippen LogP contribution in [0, 0.1) is 0 Å². The summed E-state index contributed by atoms with van der Waals surface area (Å²) in [6.07, 6.45) is 0.728. The fourth-order valence-corrected chi connectivity index (χ4v) is 1.66. The Labute approximate surface area is 145 Å². The number of hydrogen-bond acceptors (Lipinski definition) is 9. The monoisotopic (exact) mass is 357 g/mol. The van der Waals surface area contributed by atoms with Gasteiger partial charge in [0.1, 0.15) is 11.3 Å². The van der Waals surface area contributed by atoms with Gasteiger partial charge >= 0.3 is 23.9 Å². The highest BCUT2D eigenvalue weighted by molar-refractivity contribution is 6.13.